The number of nitrogens with two attached hydrogens (primary N) is 1. The Morgan fingerprint density at radius 1 is 1.33 bits per heavy atom. The Hall–Kier alpha value is -0.340. The molecule has 0 bridgehead atoms. The highest BCUT2D eigenvalue weighted by molar-refractivity contribution is 4.89. The molecule has 0 heterocycles. The molecule has 2 atom stereocenters. The van der Waals surface area contributed by atoms with E-state index in [9.17, 15) is 0 Å². The zero-order valence-corrected chi connectivity index (χ0v) is 12.4. The third-order valence-corrected chi connectivity index (χ3v) is 4.71. The summed E-state index contributed by atoms with van der Waals surface area (Å²) >= 11 is 0. The van der Waals surface area contributed by atoms with Crippen molar-refractivity contribution in [3.63, 3.8) is 0 Å². The number of hydrogen-bond donors (Lipinski definition) is 2. The van der Waals surface area contributed by atoms with Gasteiger partial charge in [-0.3, -0.25) is 11.3 Å². The van der Waals surface area contributed by atoms with Crippen LogP contribution in [0.3, 0.4) is 0 Å². The minimum absolute atomic E-state index is 0.455. The van der Waals surface area contributed by atoms with Crippen LogP contribution in [0.2, 0.25) is 0 Å². The van der Waals surface area contributed by atoms with E-state index in [1.807, 2.05) is 6.08 Å². The number of unbranched alkanes of at least 4 members (excludes halogenated alkanes) is 3. The van der Waals surface area contributed by atoms with Gasteiger partial charge in [-0.15, -0.1) is 6.58 Å². The van der Waals surface area contributed by atoms with Crippen molar-refractivity contribution in [2.24, 2.45) is 17.2 Å². The minimum atomic E-state index is 0.455. The van der Waals surface area contributed by atoms with Crippen LogP contribution in [-0.4, -0.2) is 6.04 Å². The summed E-state index contributed by atoms with van der Waals surface area (Å²) < 4.78 is 0. The second-order valence-corrected chi connectivity index (χ2v) is 6.54. The molecule has 0 spiro atoms. The second-order valence-electron chi connectivity index (χ2n) is 6.54. The number of allylic oxidation sites excluding steroid dienone is 1. The van der Waals surface area contributed by atoms with Crippen molar-refractivity contribution < 1.29 is 0 Å². The molecule has 1 aliphatic rings. The maximum absolute atomic E-state index is 5.80. The Balaban J connectivity index is 2.36. The van der Waals surface area contributed by atoms with Gasteiger partial charge in [-0.25, -0.2) is 0 Å². The first kappa shape index (κ1) is 15.7. The van der Waals surface area contributed by atoms with Gasteiger partial charge in [0.1, 0.15) is 0 Å². The number of hydrazine groups is 1. The van der Waals surface area contributed by atoms with Crippen LogP contribution in [0.5, 0.6) is 0 Å². The first-order chi connectivity index (χ1) is 8.61. The van der Waals surface area contributed by atoms with Gasteiger partial charge in [0.2, 0.25) is 0 Å². The Morgan fingerprint density at radius 2 is 2.11 bits per heavy atom. The smallest absolute Gasteiger partial charge is 0.0243 e. The fraction of sp³-hybridized carbons (Fsp3) is 0.875. The molecular formula is C16H32N2. The lowest BCUT2D eigenvalue weighted by molar-refractivity contribution is 0.0936. The Morgan fingerprint density at radius 3 is 2.72 bits per heavy atom. The quantitative estimate of drug-likeness (QED) is 0.294. The summed E-state index contributed by atoms with van der Waals surface area (Å²) in [6, 6.07) is 0.504. The van der Waals surface area contributed by atoms with Gasteiger partial charge in [0.15, 0.2) is 0 Å². The van der Waals surface area contributed by atoms with Crippen molar-refractivity contribution in [2.75, 3.05) is 0 Å². The molecule has 1 aliphatic carbocycles. The van der Waals surface area contributed by atoms with Gasteiger partial charge in [-0.1, -0.05) is 45.6 Å². The monoisotopic (exact) mass is 252 g/mol. The van der Waals surface area contributed by atoms with Gasteiger partial charge in [-0.2, -0.15) is 0 Å². The van der Waals surface area contributed by atoms with Gasteiger partial charge in [0, 0.05) is 6.04 Å². The molecule has 0 aromatic carbocycles. The van der Waals surface area contributed by atoms with Crippen LogP contribution in [0.25, 0.3) is 0 Å². The van der Waals surface area contributed by atoms with E-state index in [0.717, 1.165) is 12.3 Å². The Kier molecular flexibility index (Phi) is 6.95. The molecule has 0 aromatic heterocycles. The van der Waals surface area contributed by atoms with Gasteiger partial charge < -0.3 is 0 Å². The lowest BCUT2D eigenvalue weighted by atomic mass is 9.65. The molecule has 1 saturated carbocycles. The van der Waals surface area contributed by atoms with Crippen molar-refractivity contribution in [1.82, 2.24) is 5.43 Å². The van der Waals surface area contributed by atoms with Crippen LogP contribution in [0.4, 0.5) is 0 Å². The fourth-order valence-electron chi connectivity index (χ4n) is 3.50. The zero-order chi connectivity index (χ0) is 13.4. The number of nitrogens with one attached hydrogen (secondary N) is 1. The number of rotatable bonds is 8. The van der Waals surface area contributed by atoms with Gasteiger partial charge in [0.25, 0.3) is 0 Å². The van der Waals surface area contributed by atoms with E-state index in [1.165, 1.54) is 51.4 Å². The van der Waals surface area contributed by atoms with Gasteiger partial charge in [-0.05, 0) is 43.4 Å². The van der Waals surface area contributed by atoms with Gasteiger partial charge in [0.05, 0.1) is 0 Å². The standard InChI is InChI=1S/C16H32N2/c1-4-5-6-7-8-12-15(18-17)14-11-9-10-13-16(14,2)3/h4,14-15,18H,1,5-13,17H2,2-3H3. The van der Waals surface area contributed by atoms with E-state index < -0.39 is 0 Å². The van der Waals surface area contributed by atoms with Crippen molar-refractivity contribution >= 4 is 0 Å². The van der Waals surface area contributed by atoms with Gasteiger partial charge >= 0.3 is 0 Å². The normalized spacial score (nSPS) is 24.7. The Bertz CT molecular complexity index is 235. The summed E-state index contributed by atoms with van der Waals surface area (Å²) in [6.07, 6.45) is 13.7. The number of hydrogen-bond acceptors (Lipinski definition) is 2. The van der Waals surface area contributed by atoms with Crippen LogP contribution in [0, 0.1) is 11.3 Å². The third-order valence-electron chi connectivity index (χ3n) is 4.71. The fourth-order valence-corrected chi connectivity index (χ4v) is 3.50. The summed E-state index contributed by atoms with van der Waals surface area (Å²) in [4.78, 5) is 0. The molecule has 0 amide bonds. The summed E-state index contributed by atoms with van der Waals surface area (Å²) in [6.45, 7) is 8.60. The maximum Gasteiger partial charge on any atom is 0.0243 e. The molecule has 1 fully saturated rings. The van der Waals surface area contributed by atoms with E-state index in [4.69, 9.17) is 5.84 Å². The molecule has 18 heavy (non-hydrogen) atoms. The molecule has 2 heteroatoms. The Labute approximate surface area is 113 Å². The van der Waals surface area contributed by atoms with Crippen molar-refractivity contribution in [2.45, 2.75) is 77.7 Å². The molecule has 0 aliphatic heterocycles. The summed E-state index contributed by atoms with van der Waals surface area (Å²) in [5, 5.41) is 0. The second kappa shape index (κ2) is 7.96. The average molecular weight is 252 g/mol. The third kappa shape index (κ3) is 4.74. The average Bonchev–Trinajstić information content (AvgIpc) is 2.34. The predicted octanol–water partition coefficient (Wildman–Crippen LogP) is 4.17. The largest absolute Gasteiger partial charge is 0.271 e. The highest BCUT2D eigenvalue weighted by atomic mass is 15.2. The SMILES string of the molecule is C=CCCCCCC(NN)C1CCCCC1(C)C. The predicted molar refractivity (Wildman–Crippen MR) is 80.1 cm³/mol. The highest BCUT2D eigenvalue weighted by Gasteiger charge is 2.36. The van der Waals surface area contributed by atoms with Crippen LogP contribution < -0.4 is 11.3 Å². The van der Waals surface area contributed by atoms with E-state index in [1.54, 1.807) is 0 Å². The summed E-state index contributed by atoms with van der Waals surface area (Å²) in [5.41, 5.74) is 3.55. The van der Waals surface area contributed by atoms with Crippen LogP contribution in [0.15, 0.2) is 12.7 Å². The zero-order valence-electron chi connectivity index (χ0n) is 12.4. The first-order valence-electron chi connectivity index (χ1n) is 7.69. The van der Waals surface area contributed by atoms with Crippen LogP contribution in [-0.2, 0) is 0 Å². The highest BCUT2D eigenvalue weighted by Crippen LogP contribution is 2.43. The van der Waals surface area contributed by atoms with Crippen molar-refractivity contribution in [1.29, 1.82) is 0 Å². The maximum atomic E-state index is 5.80. The van der Waals surface area contributed by atoms with Crippen molar-refractivity contribution in [3.8, 4) is 0 Å². The molecular weight excluding hydrogens is 220 g/mol. The molecule has 0 aromatic rings. The molecule has 2 nitrogen and oxygen atoms in total. The minimum Gasteiger partial charge on any atom is -0.271 e. The van der Waals surface area contributed by atoms with Crippen molar-refractivity contribution in [3.05, 3.63) is 12.7 Å². The molecule has 0 radical (unpaired) electrons. The molecule has 0 saturated heterocycles. The summed E-state index contributed by atoms with van der Waals surface area (Å²) in [7, 11) is 0. The molecule has 3 N–H and O–H groups in total. The van der Waals surface area contributed by atoms with E-state index >= 15 is 0 Å². The lowest BCUT2D eigenvalue weighted by Gasteiger charge is -2.43. The topological polar surface area (TPSA) is 38.0 Å². The van der Waals surface area contributed by atoms with Crippen LogP contribution in [0.1, 0.15) is 71.6 Å². The van der Waals surface area contributed by atoms with E-state index in [0.29, 0.717) is 11.5 Å². The first-order valence-corrected chi connectivity index (χ1v) is 7.69. The molecule has 1 rings (SSSR count). The molecule has 106 valence electrons. The van der Waals surface area contributed by atoms with Crippen LogP contribution >= 0.6 is 0 Å². The summed E-state index contributed by atoms with van der Waals surface area (Å²) in [5.74, 6) is 6.55. The molecule has 2 unspecified atom stereocenters. The lowest BCUT2D eigenvalue weighted by Crippen LogP contribution is -2.47. The van der Waals surface area contributed by atoms with E-state index in [-0.39, 0.29) is 0 Å². The van der Waals surface area contributed by atoms with E-state index in [2.05, 4.69) is 25.9 Å².